The molecule has 0 aliphatic carbocycles. The fraction of sp³-hybridized carbons (Fsp3) is 0.308. The molecule has 6 heteroatoms. The molecule has 100 valence electrons. The summed E-state index contributed by atoms with van der Waals surface area (Å²) < 4.78 is 3.52. The van der Waals surface area contributed by atoms with Gasteiger partial charge in [-0.25, -0.2) is 0 Å². The van der Waals surface area contributed by atoms with Crippen molar-refractivity contribution in [2.45, 2.75) is 20.0 Å². The predicted octanol–water partition coefficient (Wildman–Crippen LogP) is 0.966. The molecule has 0 bridgehead atoms. The standard InChI is InChI=1S/C13H17N5O/c1-3-18-10-12(8-16-18)6-14-13(19)5-4-11-7-15-17(2)9-11/h4-5,7-10H,3,6H2,1-2H3,(H,14,19)/b5-4+. The summed E-state index contributed by atoms with van der Waals surface area (Å²) in [6.07, 6.45) is 10.5. The van der Waals surface area contributed by atoms with E-state index in [1.54, 1.807) is 23.2 Å². The van der Waals surface area contributed by atoms with Crippen molar-refractivity contribution in [2.75, 3.05) is 0 Å². The molecule has 2 heterocycles. The lowest BCUT2D eigenvalue weighted by atomic mass is 10.3. The first-order valence-corrected chi connectivity index (χ1v) is 6.13. The number of hydrogen-bond donors (Lipinski definition) is 1. The van der Waals surface area contributed by atoms with Crippen molar-refractivity contribution in [3.63, 3.8) is 0 Å². The van der Waals surface area contributed by atoms with Gasteiger partial charge in [0.1, 0.15) is 0 Å². The number of aryl methyl sites for hydroxylation is 2. The lowest BCUT2D eigenvalue weighted by molar-refractivity contribution is -0.116. The number of rotatable bonds is 5. The van der Waals surface area contributed by atoms with Gasteiger partial charge in [0.15, 0.2) is 0 Å². The molecule has 0 saturated heterocycles. The second kappa shape index (κ2) is 5.99. The van der Waals surface area contributed by atoms with Crippen molar-refractivity contribution in [1.29, 1.82) is 0 Å². The zero-order valence-corrected chi connectivity index (χ0v) is 11.1. The van der Waals surface area contributed by atoms with Crippen molar-refractivity contribution >= 4 is 12.0 Å². The fourth-order valence-corrected chi connectivity index (χ4v) is 1.62. The lowest BCUT2D eigenvalue weighted by Crippen LogP contribution is -2.19. The maximum Gasteiger partial charge on any atom is 0.244 e. The minimum atomic E-state index is -0.131. The molecule has 0 spiro atoms. The summed E-state index contributed by atoms with van der Waals surface area (Å²) in [5.41, 5.74) is 1.89. The van der Waals surface area contributed by atoms with E-state index < -0.39 is 0 Å². The Hall–Kier alpha value is -2.37. The van der Waals surface area contributed by atoms with Crippen LogP contribution in [-0.2, 0) is 24.9 Å². The molecule has 0 aliphatic rings. The zero-order valence-electron chi connectivity index (χ0n) is 11.1. The Morgan fingerprint density at radius 1 is 1.37 bits per heavy atom. The highest BCUT2D eigenvalue weighted by Crippen LogP contribution is 2.00. The van der Waals surface area contributed by atoms with Crippen molar-refractivity contribution < 1.29 is 4.79 Å². The van der Waals surface area contributed by atoms with Crippen LogP contribution in [0.4, 0.5) is 0 Å². The van der Waals surface area contributed by atoms with E-state index in [0.717, 1.165) is 17.7 Å². The first kappa shape index (κ1) is 13.1. The van der Waals surface area contributed by atoms with Gasteiger partial charge in [0.05, 0.1) is 12.4 Å². The van der Waals surface area contributed by atoms with Gasteiger partial charge in [-0.15, -0.1) is 0 Å². The van der Waals surface area contributed by atoms with E-state index in [1.165, 1.54) is 6.08 Å². The molecule has 1 N–H and O–H groups in total. The molecule has 19 heavy (non-hydrogen) atoms. The van der Waals surface area contributed by atoms with E-state index in [1.807, 2.05) is 31.0 Å². The Kier molecular flexibility index (Phi) is 4.12. The van der Waals surface area contributed by atoms with Gasteiger partial charge in [-0.1, -0.05) is 0 Å². The zero-order chi connectivity index (χ0) is 13.7. The van der Waals surface area contributed by atoms with Crippen molar-refractivity contribution in [2.24, 2.45) is 7.05 Å². The Morgan fingerprint density at radius 3 is 2.84 bits per heavy atom. The van der Waals surface area contributed by atoms with Crippen molar-refractivity contribution in [1.82, 2.24) is 24.9 Å². The number of hydrogen-bond acceptors (Lipinski definition) is 3. The van der Waals surface area contributed by atoms with Crippen LogP contribution in [-0.4, -0.2) is 25.5 Å². The second-order valence-electron chi connectivity index (χ2n) is 4.20. The van der Waals surface area contributed by atoms with E-state index in [-0.39, 0.29) is 5.91 Å². The average Bonchev–Trinajstić information content (AvgIpc) is 3.02. The maximum absolute atomic E-state index is 11.6. The van der Waals surface area contributed by atoms with E-state index in [9.17, 15) is 4.79 Å². The van der Waals surface area contributed by atoms with Gasteiger partial charge in [-0.05, 0) is 13.0 Å². The molecule has 6 nitrogen and oxygen atoms in total. The summed E-state index contributed by atoms with van der Waals surface area (Å²) in [7, 11) is 1.84. The van der Waals surface area contributed by atoms with Gasteiger partial charge in [0, 0.05) is 49.7 Å². The number of amides is 1. The van der Waals surface area contributed by atoms with Gasteiger partial charge in [0.2, 0.25) is 5.91 Å². The van der Waals surface area contributed by atoms with Crippen LogP contribution in [0.15, 0.2) is 30.9 Å². The molecule has 1 amide bonds. The normalized spacial score (nSPS) is 11.1. The van der Waals surface area contributed by atoms with Crippen molar-refractivity contribution in [3.05, 3.63) is 42.0 Å². The van der Waals surface area contributed by atoms with Crippen LogP contribution in [0, 0.1) is 0 Å². The highest BCUT2D eigenvalue weighted by atomic mass is 16.1. The highest BCUT2D eigenvalue weighted by Gasteiger charge is 2.00. The van der Waals surface area contributed by atoms with E-state index in [2.05, 4.69) is 15.5 Å². The van der Waals surface area contributed by atoms with Crippen LogP contribution < -0.4 is 5.32 Å². The summed E-state index contributed by atoms with van der Waals surface area (Å²) in [6, 6.07) is 0. The Balaban J connectivity index is 1.82. The summed E-state index contributed by atoms with van der Waals surface area (Å²) in [5, 5.41) is 11.0. The van der Waals surface area contributed by atoms with Gasteiger partial charge < -0.3 is 5.32 Å². The highest BCUT2D eigenvalue weighted by molar-refractivity contribution is 5.91. The van der Waals surface area contributed by atoms with Crippen molar-refractivity contribution in [3.8, 4) is 0 Å². The largest absolute Gasteiger partial charge is 0.348 e. The van der Waals surface area contributed by atoms with Crippen LogP contribution in [0.3, 0.4) is 0 Å². The molecule has 0 radical (unpaired) electrons. The van der Waals surface area contributed by atoms with Gasteiger partial charge >= 0.3 is 0 Å². The molecular formula is C13H17N5O. The molecule has 2 aromatic heterocycles. The number of carbonyl (C=O) groups excluding carboxylic acids is 1. The Labute approximate surface area is 111 Å². The molecule has 0 aromatic carbocycles. The molecule has 0 saturated carbocycles. The first-order chi connectivity index (χ1) is 9.17. The molecule has 2 rings (SSSR count). The van der Waals surface area contributed by atoms with Crippen LogP contribution in [0.1, 0.15) is 18.1 Å². The van der Waals surface area contributed by atoms with Crippen LogP contribution in [0.25, 0.3) is 6.08 Å². The van der Waals surface area contributed by atoms with Crippen LogP contribution >= 0.6 is 0 Å². The molecule has 0 unspecified atom stereocenters. The van der Waals surface area contributed by atoms with Crippen LogP contribution in [0.5, 0.6) is 0 Å². The number of carbonyl (C=O) groups is 1. The molecule has 2 aromatic rings. The summed E-state index contributed by atoms with van der Waals surface area (Å²) >= 11 is 0. The van der Waals surface area contributed by atoms with E-state index in [0.29, 0.717) is 6.54 Å². The van der Waals surface area contributed by atoms with E-state index in [4.69, 9.17) is 0 Å². The topological polar surface area (TPSA) is 64.7 Å². The number of aromatic nitrogens is 4. The third-order valence-electron chi connectivity index (χ3n) is 2.63. The monoisotopic (exact) mass is 259 g/mol. The smallest absolute Gasteiger partial charge is 0.244 e. The first-order valence-electron chi connectivity index (χ1n) is 6.13. The fourth-order valence-electron chi connectivity index (χ4n) is 1.62. The maximum atomic E-state index is 11.6. The van der Waals surface area contributed by atoms with E-state index >= 15 is 0 Å². The predicted molar refractivity (Wildman–Crippen MR) is 72.0 cm³/mol. The lowest BCUT2D eigenvalue weighted by Gasteiger charge is -1.98. The minimum Gasteiger partial charge on any atom is -0.348 e. The summed E-state index contributed by atoms with van der Waals surface area (Å²) in [4.78, 5) is 11.6. The van der Waals surface area contributed by atoms with Gasteiger partial charge in [0.25, 0.3) is 0 Å². The molecule has 0 aliphatic heterocycles. The molecule has 0 atom stereocenters. The average molecular weight is 259 g/mol. The summed E-state index contributed by atoms with van der Waals surface area (Å²) in [5.74, 6) is -0.131. The Bertz CT molecular complexity index is 581. The number of nitrogens with one attached hydrogen (secondary N) is 1. The van der Waals surface area contributed by atoms with Gasteiger partial charge in [-0.2, -0.15) is 10.2 Å². The Morgan fingerprint density at radius 2 is 2.21 bits per heavy atom. The molecule has 0 fully saturated rings. The van der Waals surface area contributed by atoms with Gasteiger partial charge in [-0.3, -0.25) is 14.2 Å². The van der Waals surface area contributed by atoms with Crippen LogP contribution in [0.2, 0.25) is 0 Å². The quantitative estimate of drug-likeness (QED) is 0.814. The second-order valence-corrected chi connectivity index (χ2v) is 4.20. The SMILES string of the molecule is CCn1cc(CNC(=O)/C=C/c2cnn(C)c2)cn1. The third kappa shape index (κ3) is 3.80. The third-order valence-corrected chi connectivity index (χ3v) is 2.63. The summed E-state index contributed by atoms with van der Waals surface area (Å²) in [6.45, 7) is 3.33. The number of nitrogens with zero attached hydrogens (tertiary/aromatic N) is 4. The minimum absolute atomic E-state index is 0.131. The molecular weight excluding hydrogens is 242 g/mol.